The van der Waals surface area contributed by atoms with Crippen molar-refractivity contribution in [2.75, 3.05) is 31.9 Å². The lowest BCUT2D eigenvalue weighted by Crippen LogP contribution is -2.28. The molecule has 0 saturated carbocycles. The molecule has 0 aliphatic heterocycles. The third-order valence-electron chi connectivity index (χ3n) is 3.16. The summed E-state index contributed by atoms with van der Waals surface area (Å²) in [6.45, 7) is 4.31. The molecule has 1 aromatic carbocycles. The molecule has 0 amide bonds. The number of nitrogens with two attached hydrogens (primary N) is 1. The first kappa shape index (κ1) is 13.5. The minimum Gasteiger partial charge on any atom is -0.493 e. The van der Waals surface area contributed by atoms with Gasteiger partial charge >= 0.3 is 0 Å². The quantitative estimate of drug-likeness (QED) is 0.801. The van der Waals surface area contributed by atoms with E-state index in [1.54, 1.807) is 20.3 Å². The van der Waals surface area contributed by atoms with Crippen molar-refractivity contribution >= 4 is 11.4 Å². The Bertz CT molecular complexity index is 380. The Balaban J connectivity index is 3.16. The summed E-state index contributed by atoms with van der Waals surface area (Å²) in [5.41, 5.74) is 7.71. The van der Waals surface area contributed by atoms with Gasteiger partial charge in [0.05, 0.1) is 25.6 Å². The minimum atomic E-state index is 0.426. The van der Waals surface area contributed by atoms with Crippen molar-refractivity contribution in [3.8, 4) is 11.5 Å². The number of methoxy groups -OCH3 is 2. The Kier molecular flexibility index (Phi) is 4.49. The zero-order valence-electron chi connectivity index (χ0n) is 11.3. The molecule has 1 atom stereocenters. The minimum absolute atomic E-state index is 0.426. The van der Waals surface area contributed by atoms with Crippen molar-refractivity contribution in [1.29, 1.82) is 0 Å². The molecule has 0 aromatic heterocycles. The molecule has 0 spiro atoms. The van der Waals surface area contributed by atoms with E-state index in [2.05, 4.69) is 18.7 Å². The zero-order valence-corrected chi connectivity index (χ0v) is 11.3. The van der Waals surface area contributed by atoms with Crippen molar-refractivity contribution < 1.29 is 9.47 Å². The van der Waals surface area contributed by atoms with Gasteiger partial charge in [-0.2, -0.15) is 0 Å². The molecule has 96 valence electrons. The van der Waals surface area contributed by atoms with Crippen molar-refractivity contribution in [3.63, 3.8) is 0 Å². The predicted molar refractivity (Wildman–Crippen MR) is 72.1 cm³/mol. The van der Waals surface area contributed by atoms with Crippen LogP contribution < -0.4 is 20.1 Å². The molecule has 1 unspecified atom stereocenters. The van der Waals surface area contributed by atoms with Gasteiger partial charge in [0, 0.05) is 25.2 Å². The van der Waals surface area contributed by atoms with Crippen molar-refractivity contribution in [3.05, 3.63) is 12.1 Å². The molecule has 0 aliphatic carbocycles. The van der Waals surface area contributed by atoms with E-state index in [0.29, 0.717) is 23.2 Å². The molecule has 0 heterocycles. The summed E-state index contributed by atoms with van der Waals surface area (Å²) in [6.07, 6.45) is 1.06. The van der Waals surface area contributed by atoms with Crippen LogP contribution in [0.4, 0.5) is 11.4 Å². The molecular formula is C13H22N2O2. The Morgan fingerprint density at radius 3 is 2.24 bits per heavy atom. The van der Waals surface area contributed by atoms with Gasteiger partial charge in [-0.05, 0) is 13.3 Å². The summed E-state index contributed by atoms with van der Waals surface area (Å²) >= 11 is 0. The summed E-state index contributed by atoms with van der Waals surface area (Å²) < 4.78 is 10.5. The lowest BCUT2D eigenvalue weighted by molar-refractivity contribution is 0.355. The molecule has 4 nitrogen and oxygen atoms in total. The number of nitrogen functional groups attached to an aromatic ring is 1. The van der Waals surface area contributed by atoms with E-state index in [-0.39, 0.29) is 0 Å². The van der Waals surface area contributed by atoms with Crippen LogP contribution in [0.5, 0.6) is 11.5 Å². The third kappa shape index (κ3) is 2.75. The lowest BCUT2D eigenvalue weighted by atomic mass is 10.1. The van der Waals surface area contributed by atoms with Gasteiger partial charge in [-0.15, -0.1) is 0 Å². The third-order valence-corrected chi connectivity index (χ3v) is 3.16. The molecule has 17 heavy (non-hydrogen) atoms. The maximum atomic E-state index is 6.04. The van der Waals surface area contributed by atoms with Crippen LogP contribution in [0.25, 0.3) is 0 Å². The largest absolute Gasteiger partial charge is 0.493 e. The molecule has 1 rings (SSSR count). The van der Waals surface area contributed by atoms with Gasteiger partial charge in [0.1, 0.15) is 0 Å². The summed E-state index contributed by atoms with van der Waals surface area (Å²) in [6, 6.07) is 4.14. The van der Waals surface area contributed by atoms with Crippen LogP contribution in [-0.2, 0) is 0 Å². The van der Waals surface area contributed by atoms with Crippen LogP contribution in [0.3, 0.4) is 0 Å². The fraction of sp³-hybridized carbons (Fsp3) is 0.538. The molecule has 2 N–H and O–H groups in total. The standard InChI is InChI=1S/C13H22N2O2/c1-6-9(2)15(3)11-8-13(17-5)12(16-4)7-10(11)14/h7-9H,6,14H2,1-5H3. The molecule has 0 radical (unpaired) electrons. The molecule has 0 saturated heterocycles. The molecule has 0 bridgehead atoms. The van der Waals surface area contributed by atoms with Crippen molar-refractivity contribution in [1.82, 2.24) is 0 Å². The number of ether oxygens (including phenoxy) is 2. The van der Waals surface area contributed by atoms with E-state index < -0.39 is 0 Å². The van der Waals surface area contributed by atoms with Crippen LogP contribution in [0, 0.1) is 0 Å². The number of hydrogen-bond donors (Lipinski definition) is 1. The number of rotatable bonds is 5. The SMILES string of the molecule is CCC(C)N(C)c1cc(OC)c(OC)cc1N. The zero-order chi connectivity index (χ0) is 13.0. The van der Waals surface area contributed by atoms with E-state index >= 15 is 0 Å². The van der Waals surface area contributed by atoms with Crippen LogP contribution >= 0.6 is 0 Å². The van der Waals surface area contributed by atoms with Crippen LogP contribution in [0.2, 0.25) is 0 Å². The van der Waals surface area contributed by atoms with Gasteiger partial charge in [0.2, 0.25) is 0 Å². The van der Waals surface area contributed by atoms with E-state index in [0.717, 1.165) is 12.1 Å². The first-order chi connectivity index (χ1) is 8.04. The van der Waals surface area contributed by atoms with E-state index in [1.807, 2.05) is 13.1 Å². The second kappa shape index (κ2) is 5.66. The van der Waals surface area contributed by atoms with Gasteiger partial charge in [-0.3, -0.25) is 0 Å². The van der Waals surface area contributed by atoms with E-state index in [1.165, 1.54) is 0 Å². The average molecular weight is 238 g/mol. The van der Waals surface area contributed by atoms with E-state index in [9.17, 15) is 0 Å². The molecule has 1 aromatic rings. The predicted octanol–water partition coefficient (Wildman–Crippen LogP) is 2.52. The smallest absolute Gasteiger partial charge is 0.162 e. The topological polar surface area (TPSA) is 47.7 Å². The van der Waals surface area contributed by atoms with Crippen molar-refractivity contribution in [2.45, 2.75) is 26.3 Å². The Morgan fingerprint density at radius 1 is 1.24 bits per heavy atom. The Hall–Kier alpha value is -1.58. The highest BCUT2D eigenvalue weighted by Gasteiger charge is 2.15. The highest BCUT2D eigenvalue weighted by Crippen LogP contribution is 2.37. The normalized spacial score (nSPS) is 12.1. The second-order valence-electron chi connectivity index (χ2n) is 4.13. The summed E-state index contributed by atoms with van der Waals surface area (Å²) in [5.74, 6) is 1.36. The van der Waals surface area contributed by atoms with Crippen LogP contribution in [0.1, 0.15) is 20.3 Å². The van der Waals surface area contributed by atoms with Gasteiger partial charge in [0.15, 0.2) is 11.5 Å². The van der Waals surface area contributed by atoms with Gasteiger partial charge < -0.3 is 20.1 Å². The highest BCUT2D eigenvalue weighted by atomic mass is 16.5. The second-order valence-corrected chi connectivity index (χ2v) is 4.13. The summed E-state index contributed by atoms with van der Waals surface area (Å²) in [4.78, 5) is 2.15. The van der Waals surface area contributed by atoms with Crippen LogP contribution in [-0.4, -0.2) is 27.3 Å². The van der Waals surface area contributed by atoms with Gasteiger partial charge in [-0.25, -0.2) is 0 Å². The molecule has 4 heteroatoms. The number of benzene rings is 1. The summed E-state index contributed by atoms with van der Waals surface area (Å²) in [5, 5.41) is 0. The molecular weight excluding hydrogens is 216 g/mol. The van der Waals surface area contributed by atoms with Crippen molar-refractivity contribution in [2.24, 2.45) is 0 Å². The van der Waals surface area contributed by atoms with E-state index in [4.69, 9.17) is 15.2 Å². The number of anilines is 2. The molecule has 0 fully saturated rings. The Labute approximate surface area is 103 Å². The molecule has 0 aliphatic rings. The lowest BCUT2D eigenvalue weighted by Gasteiger charge is -2.28. The monoisotopic (exact) mass is 238 g/mol. The van der Waals surface area contributed by atoms with Gasteiger partial charge in [0.25, 0.3) is 0 Å². The maximum absolute atomic E-state index is 6.04. The fourth-order valence-electron chi connectivity index (χ4n) is 1.70. The number of nitrogens with zero attached hydrogens (tertiary/aromatic N) is 1. The van der Waals surface area contributed by atoms with Crippen LogP contribution in [0.15, 0.2) is 12.1 Å². The van der Waals surface area contributed by atoms with Gasteiger partial charge in [-0.1, -0.05) is 6.92 Å². The average Bonchev–Trinajstić information content (AvgIpc) is 2.36. The highest BCUT2D eigenvalue weighted by molar-refractivity contribution is 5.73. The number of hydrogen-bond acceptors (Lipinski definition) is 4. The summed E-state index contributed by atoms with van der Waals surface area (Å²) in [7, 11) is 5.27. The maximum Gasteiger partial charge on any atom is 0.162 e. The Morgan fingerprint density at radius 2 is 1.76 bits per heavy atom. The first-order valence-corrected chi connectivity index (χ1v) is 5.79. The fourth-order valence-corrected chi connectivity index (χ4v) is 1.70. The first-order valence-electron chi connectivity index (χ1n) is 5.79.